The summed E-state index contributed by atoms with van der Waals surface area (Å²) in [5.41, 5.74) is 2.79. The minimum atomic E-state index is -2.85. The molecule has 3 aromatic heterocycles. The Balaban J connectivity index is 1.19. The van der Waals surface area contributed by atoms with Crippen molar-refractivity contribution in [1.82, 2.24) is 34.3 Å². The standard InChI is InChI=1S/C26H32N8O3S2/c1-2-21-27-19-5-3-4-6-20(19)34(21)26-29-24(33-7-11-37-12-8-33)23-25(30-26)38-22(28-23)17-31-15-18(16-31)32-9-13-39(35,36)14-10-32/h3-6,18H,2,7-17H2,1H3. The SMILES string of the molecule is CCc1nc2ccccc2n1-c1nc(N2CCOCC2)c2nc(CN3CC(N4CCS(=O)(=O)CC4)C3)sc2n1. The van der Waals surface area contributed by atoms with Crippen LogP contribution in [-0.4, -0.2) is 113 Å². The van der Waals surface area contributed by atoms with Gasteiger partial charge in [-0.3, -0.25) is 14.4 Å². The average Bonchev–Trinajstić information content (AvgIpc) is 3.51. The van der Waals surface area contributed by atoms with Gasteiger partial charge in [-0.25, -0.2) is 18.4 Å². The average molecular weight is 569 g/mol. The summed E-state index contributed by atoms with van der Waals surface area (Å²) >= 11 is 1.63. The third kappa shape index (κ3) is 4.80. The number of sulfone groups is 1. The maximum atomic E-state index is 11.8. The highest BCUT2D eigenvalue weighted by Gasteiger charge is 2.35. The number of hydrogen-bond acceptors (Lipinski definition) is 11. The number of rotatable bonds is 6. The quantitative estimate of drug-likeness (QED) is 0.341. The van der Waals surface area contributed by atoms with Crippen molar-refractivity contribution < 1.29 is 13.2 Å². The lowest BCUT2D eigenvalue weighted by molar-refractivity contribution is 0.0334. The molecule has 0 bridgehead atoms. The molecule has 0 amide bonds. The van der Waals surface area contributed by atoms with Crippen molar-refractivity contribution in [3.8, 4) is 5.95 Å². The van der Waals surface area contributed by atoms with Gasteiger partial charge in [-0.05, 0) is 12.1 Å². The zero-order chi connectivity index (χ0) is 26.6. The summed E-state index contributed by atoms with van der Waals surface area (Å²) in [6, 6.07) is 8.55. The molecule has 7 rings (SSSR count). The number of imidazole rings is 1. The first-order valence-electron chi connectivity index (χ1n) is 13.6. The van der Waals surface area contributed by atoms with Crippen LogP contribution in [0.4, 0.5) is 5.82 Å². The Labute approximate surface area is 231 Å². The Hall–Kier alpha value is -2.71. The van der Waals surface area contributed by atoms with Gasteiger partial charge in [0.1, 0.15) is 16.3 Å². The van der Waals surface area contributed by atoms with Crippen molar-refractivity contribution in [2.24, 2.45) is 0 Å². The molecule has 6 heterocycles. The van der Waals surface area contributed by atoms with Gasteiger partial charge in [-0.15, -0.1) is 0 Å². The molecule has 0 saturated carbocycles. The second-order valence-electron chi connectivity index (χ2n) is 10.4. The molecule has 3 fully saturated rings. The molecule has 0 radical (unpaired) electrons. The lowest BCUT2D eigenvalue weighted by Gasteiger charge is -2.46. The Morgan fingerprint density at radius 1 is 1.00 bits per heavy atom. The van der Waals surface area contributed by atoms with Gasteiger partial charge < -0.3 is 9.64 Å². The van der Waals surface area contributed by atoms with E-state index in [1.54, 1.807) is 11.3 Å². The monoisotopic (exact) mass is 568 g/mol. The first-order chi connectivity index (χ1) is 19.0. The maximum Gasteiger partial charge on any atom is 0.239 e. The molecular formula is C26H32N8O3S2. The van der Waals surface area contributed by atoms with E-state index in [-0.39, 0.29) is 11.5 Å². The van der Waals surface area contributed by atoms with Gasteiger partial charge in [0.05, 0.1) is 42.3 Å². The Morgan fingerprint density at radius 3 is 2.54 bits per heavy atom. The Bertz CT molecular complexity index is 1610. The van der Waals surface area contributed by atoms with Gasteiger partial charge in [-0.2, -0.15) is 9.97 Å². The summed E-state index contributed by atoms with van der Waals surface area (Å²) in [5.74, 6) is 2.98. The number of nitrogens with zero attached hydrogens (tertiary/aromatic N) is 8. The van der Waals surface area contributed by atoms with Crippen molar-refractivity contribution in [3.05, 3.63) is 35.1 Å². The van der Waals surface area contributed by atoms with Crippen LogP contribution in [0.5, 0.6) is 0 Å². The van der Waals surface area contributed by atoms with Gasteiger partial charge in [0.15, 0.2) is 20.5 Å². The van der Waals surface area contributed by atoms with Crippen LogP contribution in [-0.2, 0) is 27.5 Å². The number of ether oxygens (including phenoxy) is 1. The lowest BCUT2D eigenvalue weighted by atomic mass is 10.1. The molecule has 3 saturated heterocycles. The van der Waals surface area contributed by atoms with Crippen molar-refractivity contribution >= 4 is 48.4 Å². The summed E-state index contributed by atoms with van der Waals surface area (Å²) in [6.45, 7) is 8.89. The largest absolute Gasteiger partial charge is 0.378 e. The molecule has 0 spiro atoms. The molecule has 39 heavy (non-hydrogen) atoms. The summed E-state index contributed by atoms with van der Waals surface area (Å²) in [4.78, 5) is 27.9. The van der Waals surface area contributed by atoms with E-state index in [4.69, 9.17) is 24.7 Å². The highest BCUT2D eigenvalue weighted by molar-refractivity contribution is 7.91. The number of fused-ring (bicyclic) bond motifs is 2. The fraction of sp³-hybridized carbons (Fsp3) is 0.538. The number of aromatic nitrogens is 5. The van der Waals surface area contributed by atoms with Crippen LogP contribution >= 0.6 is 11.3 Å². The van der Waals surface area contributed by atoms with Crippen molar-refractivity contribution in [2.45, 2.75) is 25.9 Å². The molecule has 0 N–H and O–H groups in total. The van der Waals surface area contributed by atoms with E-state index in [0.29, 0.717) is 38.3 Å². The molecule has 13 heteroatoms. The second-order valence-corrected chi connectivity index (χ2v) is 13.8. The normalized spacial score (nSPS) is 21.1. The van der Waals surface area contributed by atoms with Crippen LogP contribution in [0, 0.1) is 0 Å². The topological polar surface area (TPSA) is 110 Å². The van der Waals surface area contributed by atoms with Crippen LogP contribution in [0.3, 0.4) is 0 Å². The number of thiazole rings is 1. The third-order valence-electron chi connectivity index (χ3n) is 7.92. The molecule has 3 aliphatic rings. The van der Waals surface area contributed by atoms with Gasteiger partial charge in [0.25, 0.3) is 0 Å². The van der Waals surface area contributed by atoms with E-state index in [1.165, 1.54) is 0 Å². The van der Waals surface area contributed by atoms with Crippen LogP contribution in [0.15, 0.2) is 24.3 Å². The molecule has 4 aromatic rings. The van der Waals surface area contributed by atoms with Crippen LogP contribution in [0.2, 0.25) is 0 Å². The van der Waals surface area contributed by atoms with E-state index in [9.17, 15) is 8.42 Å². The van der Waals surface area contributed by atoms with Crippen molar-refractivity contribution in [1.29, 1.82) is 0 Å². The first-order valence-corrected chi connectivity index (χ1v) is 16.2. The van der Waals surface area contributed by atoms with E-state index in [1.807, 2.05) is 18.2 Å². The molecule has 0 unspecified atom stereocenters. The van der Waals surface area contributed by atoms with Crippen molar-refractivity contribution in [2.75, 3.05) is 68.9 Å². The fourth-order valence-corrected chi connectivity index (χ4v) is 7.92. The molecule has 0 aliphatic carbocycles. The van der Waals surface area contributed by atoms with Gasteiger partial charge in [0, 0.05) is 51.7 Å². The second kappa shape index (κ2) is 10.0. The van der Waals surface area contributed by atoms with Crippen LogP contribution in [0.1, 0.15) is 17.8 Å². The smallest absolute Gasteiger partial charge is 0.239 e. The number of benzene rings is 1. The molecule has 0 atom stereocenters. The Kier molecular flexibility index (Phi) is 6.51. The van der Waals surface area contributed by atoms with Crippen molar-refractivity contribution in [3.63, 3.8) is 0 Å². The molecule has 1 aromatic carbocycles. The van der Waals surface area contributed by atoms with E-state index in [0.717, 1.165) is 77.2 Å². The number of anilines is 1. The van der Waals surface area contributed by atoms with E-state index < -0.39 is 9.84 Å². The molecule has 11 nitrogen and oxygen atoms in total. The van der Waals surface area contributed by atoms with E-state index in [2.05, 4.69) is 32.3 Å². The molecular weight excluding hydrogens is 536 g/mol. The third-order valence-corrected chi connectivity index (χ3v) is 10.5. The first kappa shape index (κ1) is 25.3. The zero-order valence-electron chi connectivity index (χ0n) is 22.0. The molecule has 206 valence electrons. The number of morpholine rings is 1. The highest BCUT2D eigenvalue weighted by Crippen LogP contribution is 2.32. The van der Waals surface area contributed by atoms with Crippen LogP contribution in [0.25, 0.3) is 27.3 Å². The van der Waals surface area contributed by atoms with Gasteiger partial charge >= 0.3 is 0 Å². The maximum absolute atomic E-state index is 11.8. The summed E-state index contributed by atoms with van der Waals surface area (Å²) in [6.07, 6.45) is 0.774. The summed E-state index contributed by atoms with van der Waals surface area (Å²) in [5, 5.41) is 1.02. The highest BCUT2D eigenvalue weighted by atomic mass is 32.2. The minimum Gasteiger partial charge on any atom is -0.378 e. The van der Waals surface area contributed by atoms with Gasteiger partial charge in [-0.1, -0.05) is 30.4 Å². The fourth-order valence-electron chi connectivity index (χ4n) is 5.73. The lowest BCUT2D eigenvalue weighted by Crippen LogP contribution is -2.61. The predicted octanol–water partition coefficient (Wildman–Crippen LogP) is 1.74. The Morgan fingerprint density at radius 2 is 1.77 bits per heavy atom. The summed E-state index contributed by atoms with van der Waals surface area (Å²) in [7, 11) is -2.85. The molecule has 3 aliphatic heterocycles. The summed E-state index contributed by atoms with van der Waals surface area (Å²) < 4.78 is 31.3. The zero-order valence-corrected chi connectivity index (χ0v) is 23.6. The van der Waals surface area contributed by atoms with Crippen LogP contribution < -0.4 is 4.90 Å². The predicted molar refractivity (Wildman–Crippen MR) is 152 cm³/mol. The minimum absolute atomic E-state index is 0.276. The number of para-hydroxylation sites is 2. The van der Waals surface area contributed by atoms with Gasteiger partial charge in [0.2, 0.25) is 5.95 Å². The number of likely N-dealkylation sites (tertiary alicyclic amines) is 1. The number of aryl methyl sites for hydroxylation is 1. The van der Waals surface area contributed by atoms with E-state index >= 15 is 0 Å². The number of hydrogen-bond donors (Lipinski definition) is 0.